The number of nitrogens with zero attached hydrogens (tertiary/aromatic N) is 3. The average molecular weight is 208 g/mol. The van der Waals surface area contributed by atoms with Crippen molar-refractivity contribution in [3.63, 3.8) is 0 Å². The van der Waals surface area contributed by atoms with Gasteiger partial charge in [-0.15, -0.1) is 0 Å². The quantitative estimate of drug-likeness (QED) is 0.153. The van der Waals surface area contributed by atoms with E-state index in [9.17, 15) is 0 Å². The molecule has 0 saturated heterocycles. The molecule has 0 spiro atoms. The predicted molar refractivity (Wildman–Crippen MR) is 47.7 cm³/mol. The maximum absolute atomic E-state index is 8.64. The Balaban J connectivity index is 0. The normalized spacial score (nSPS) is 11.1. The molecule has 0 amide bonds. The molecule has 84 valence electrons. The summed E-state index contributed by atoms with van der Waals surface area (Å²) in [6.45, 7) is 1.44. The minimum absolute atomic E-state index is 0.0258. The summed E-state index contributed by atoms with van der Waals surface area (Å²) in [6.07, 6.45) is -0.673. The number of ether oxygens (including phenoxy) is 2. The Hall–Kier alpha value is -0.890. The standard InChI is InChI=1S/C6H15NO4.N3/c7-6(9)5-11-4-3-10-2-1-8;1-3-2/h6,8-9H,1-5,7H2;/q;-1/p+1. The van der Waals surface area contributed by atoms with Crippen LogP contribution in [0.5, 0.6) is 0 Å². The van der Waals surface area contributed by atoms with Crippen LogP contribution >= 0.6 is 0 Å². The zero-order chi connectivity index (χ0) is 11.2. The van der Waals surface area contributed by atoms with Crippen molar-refractivity contribution in [3.05, 3.63) is 16.0 Å². The zero-order valence-corrected chi connectivity index (χ0v) is 7.87. The molecule has 0 fully saturated rings. The van der Waals surface area contributed by atoms with Gasteiger partial charge >= 0.3 is 0 Å². The Labute approximate surface area is 81.6 Å². The maximum Gasteiger partial charge on any atom is 0.209 e. The van der Waals surface area contributed by atoms with Crippen LogP contribution < -0.4 is 5.73 Å². The van der Waals surface area contributed by atoms with Gasteiger partial charge in [-0.25, -0.2) is 0 Å². The molecule has 1 atom stereocenters. The molecular formula is C6H16N4O4. The summed E-state index contributed by atoms with van der Waals surface area (Å²) in [6, 6.07) is 0. The summed E-state index contributed by atoms with van der Waals surface area (Å²) < 4.78 is 9.81. The lowest BCUT2D eigenvalue weighted by Gasteiger charge is -2.04. The number of aliphatic hydroxyl groups excluding tert-OH is 2. The van der Waals surface area contributed by atoms with E-state index in [1.165, 1.54) is 4.91 Å². The van der Waals surface area contributed by atoms with Crippen molar-refractivity contribution in [3.8, 4) is 0 Å². The first-order chi connectivity index (χ1) is 6.68. The lowest BCUT2D eigenvalue weighted by atomic mass is 10.6. The van der Waals surface area contributed by atoms with E-state index < -0.39 is 6.23 Å². The molecular weight excluding hydrogens is 192 g/mol. The van der Waals surface area contributed by atoms with Crippen LogP contribution in [0.25, 0.3) is 16.0 Å². The van der Waals surface area contributed by atoms with Gasteiger partial charge in [0.05, 0.1) is 26.4 Å². The van der Waals surface area contributed by atoms with Crippen LogP contribution in [-0.2, 0) is 9.47 Å². The third-order valence-corrected chi connectivity index (χ3v) is 0.918. The molecule has 8 heteroatoms. The first kappa shape index (κ1) is 15.6. The Bertz CT molecular complexity index is 138. The van der Waals surface area contributed by atoms with E-state index in [4.69, 9.17) is 30.7 Å². The van der Waals surface area contributed by atoms with Crippen LogP contribution in [0.3, 0.4) is 0 Å². The fourth-order valence-electron chi connectivity index (χ4n) is 0.504. The third-order valence-electron chi connectivity index (χ3n) is 0.918. The summed E-state index contributed by atoms with van der Waals surface area (Å²) in [5, 5.41) is 16.9. The van der Waals surface area contributed by atoms with E-state index in [-0.39, 0.29) is 13.2 Å². The molecule has 0 bridgehead atoms. The molecule has 0 rings (SSSR count). The van der Waals surface area contributed by atoms with Gasteiger partial charge in [0.25, 0.3) is 0 Å². The monoisotopic (exact) mass is 208 g/mol. The lowest BCUT2D eigenvalue weighted by Crippen LogP contribution is -2.63. The summed E-state index contributed by atoms with van der Waals surface area (Å²) in [5.74, 6) is 0. The highest BCUT2D eigenvalue weighted by Gasteiger charge is 1.97. The van der Waals surface area contributed by atoms with Gasteiger partial charge in [-0.05, 0) is 0 Å². The van der Waals surface area contributed by atoms with Crippen LogP contribution in [0.15, 0.2) is 0 Å². The Morgan fingerprint density at radius 2 is 1.71 bits per heavy atom. The smallest absolute Gasteiger partial charge is 0.209 e. The number of hydrogen-bond acceptors (Lipinski definition) is 4. The summed E-state index contributed by atoms with van der Waals surface area (Å²) in [4.78, 5) is 1.50. The summed E-state index contributed by atoms with van der Waals surface area (Å²) in [7, 11) is 0. The molecule has 5 N–H and O–H groups in total. The van der Waals surface area contributed by atoms with E-state index in [0.29, 0.717) is 19.8 Å². The van der Waals surface area contributed by atoms with Crippen molar-refractivity contribution >= 4 is 0 Å². The molecule has 0 aromatic heterocycles. The molecule has 0 aliphatic carbocycles. The second-order valence-corrected chi connectivity index (χ2v) is 2.15. The van der Waals surface area contributed by atoms with Crippen LogP contribution in [0.1, 0.15) is 0 Å². The molecule has 0 heterocycles. The maximum atomic E-state index is 8.64. The molecule has 1 unspecified atom stereocenters. The highest BCUT2D eigenvalue weighted by molar-refractivity contribution is 4.36. The van der Waals surface area contributed by atoms with Gasteiger partial charge in [0.2, 0.25) is 6.23 Å². The Kier molecular flexibility index (Phi) is 16.3. The second-order valence-electron chi connectivity index (χ2n) is 2.15. The highest BCUT2D eigenvalue weighted by Crippen LogP contribution is 1.78. The molecule has 0 aromatic carbocycles. The van der Waals surface area contributed by atoms with E-state index in [2.05, 4.69) is 5.73 Å². The molecule has 0 radical (unpaired) electrons. The van der Waals surface area contributed by atoms with Gasteiger partial charge in [0, 0.05) is 0 Å². The minimum atomic E-state index is -0.673. The largest absolute Gasteiger partial charge is 0.394 e. The molecule has 8 nitrogen and oxygen atoms in total. The molecule has 0 aliphatic rings. The van der Waals surface area contributed by atoms with Gasteiger partial charge < -0.3 is 36.5 Å². The number of aliphatic hydroxyl groups is 2. The van der Waals surface area contributed by atoms with E-state index >= 15 is 0 Å². The van der Waals surface area contributed by atoms with Crippen molar-refractivity contribution in [1.29, 1.82) is 0 Å². The van der Waals surface area contributed by atoms with Crippen LogP contribution in [0.2, 0.25) is 0 Å². The van der Waals surface area contributed by atoms with Crippen LogP contribution in [0, 0.1) is 0 Å². The SMILES string of the molecule is [N-]=[N+]=[N-].[NH3+]C(O)COCCOCCO. The number of rotatable bonds is 7. The van der Waals surface area contributed by atoms with E-state index in [1.807, 2.05) is 0 Å². The van der Waals surface area contributed by atoms with Gasteiger partial charge in [0.15, 0.2) is 0 Å². The number of quaternary nitrogens is 1. The fourth-order valence-corrected chi connectivity index (χ4v) is 0.504. The van der Waals surface area contributed by atoms with Crippen molar-refractivity contribution in [2.45, 2.75) is 6.23 Å². The van der Waals surface area contributed by atoms with Crippen LogP contribution in [0.4, 0.5) is 0 Å². The van der Waals surface area contributed by atoms with Crippen molar-refractivity contribution < 1.29 is 25.4 Å². The topological polar surface area (TPSA) is 145 Å². The van der Waals surface area contributed by atoms with E-state index in [0.717, 1.165) is 0 Å². The summed E-state index contributed by atoms with van der Waals surface area (Å²) >= 11 is 0. The van der Waals surface area contributed by atoms with Gasteiger partial charge in [0.1, 0.15) is 6.61 Å². The Morgan fingerprint density at radius 3 is 2.14 bits per heavy atom. The van der Waals surface area contributed by atoms with Crippen molar-refractivity contribution in [1.82, 2.24) is 0 Å². The van der Waals surface area contributed by atoms with Crippen molar-refractivity contribution in [2.75, 3.05) is 33.0 Å². The lowest BCUT2D eigenvalue weighted by molar-refractivity contribution is -0.488. The van der Waals surface area contributed by atoms with Crippen LogP contribution in [-0.4, -0.2) is 49.5 Å². The highest BCUT2D eigenvalue weighted by atomic mass is 16.5. The third kappa shape index (κ3) is 22.5. The van der Waals surface area contributed by atoms with Gasteiger partial charge in [-0.2, -0.15) is 0 Å². The molecule has 14 heavy (non-hydrogen) atoms. The predicted octanol–water partition coefficient (Wildman–Crippen LogP) is -1.56. The minimum Gasteiger partial charge on any atom is -0.394 e. The van der Waals surface area contributed by atoms with E-state index in [1.54, 1.807) is 0 Å². The Morgan fingerprint density at radius 1 is 1.21 bits per heavy atom. The second kappa shape index (κ2) is 14.6. The van der Waals surface area contributed by atoms with Crippen molar-refractivity contribution in [2.24, 2.45) is 0 Å². The first-order valence-corrected chi connectivity index (χ1v) is 3.95. The average Bonchev–Trinajstić information content (AvgIpc) is 2.12. The number of hydrogen-bond donors (Lipinski definition) is 3. The molecule has 0 aliphatic heterocycles. The zero-order valence-electron chi connectivity index (χ0n) is 7.87. The molecule has 0 aromatic rings. The summed E-state index contributed by atoms with van der Waals surface area (Å²) in [5.41, 5.74) is 16.8. The fraction of sp³-hybridized carbons (Fsp3) is 1.00. The van der Waals surface area contributed by atoms with Gasteiger partial charge in [-0.3, -0.25) is 4.91 Å². The first-order valence-electron chi connectivity index (χ1n) is 3.95. The molecule has 0 saturated carbocycles. The van der Waals surface area contributed by atoms with Gasteiger partial charge in [-0.1, -0.05) is 0 Å².